The lowest BCUT2D eigenvalue weighted by atomic mass is 10.2. The summed E-state index contributed by atoms with van der Waals surface area (Å²) in [5.41, 5.74) is 2.75. The molecule has 0 N–H and O–H groups in total. The molecular formula is C15H10BrCl2FN2. The number of alkyl halides is 1. The number of rotatable bonds is 2. The van der Waals surface area contributed by atoms with Gasteiger partial charge in [-0.15, -0.1) is 11.6 Å². The average molecular weight is 388 g/mol. The molecule has 3 aromatic rings. The largest absolute Gasteiger partial charge is 0.294 e. The Hall–Kier alpha value is -1.10. The minimum absolute atomic E-state index is 0.217. The van der Waals surface area contributed by atoms with E-state index in [4.69, 9.17) is 23.2 Å². The number of aromatic nitrogens is 2. The number of fused-ring (bicyclic) bond motifs is 1. The summed E-state index contributed by atoms with van der Waals surface area (Å²) in [5, 5.41) is 0.591. The Morgan fingerprint density at radius 2 is 2.10 bits per heavy atom. The molecule has 0 amide bonds. The molecule has 0 radical (unpaired) electrons. The highest BCUT2D eigenvalue weighted by Crippen LogP contribution is 2.33. The Balaban J connectivity index is 2.40. The van der Waals surface area contributed by atoms with Crippen LogP contribution in [0.4, 0.5) is 4.39 Å². The van der Waals surface area contributed by atoms with E-state index in [1.165, 1.54) is 6.07 Å². The molecule has 21 heavy (non-hydrogen) atoms. The monoisotopic (exact) mass is 386 g/mol. The second kappa shape index (κ2) is 5.59. The Kier molecular flexibility index (Phi) is 3.95. The second-order valence-electron chi connectivity index (χ2n) is 4.66. The summed E-state index contributed by atoms with van der Waals surface area (Å²) in [6, 6.07) is 8.74. The van der Waals surface area contributed by atoms with Crippen molar-refractivity contribution in [3.05, 3.63) is 57.0 Å². The van der Waals surface area contributed by atoms with E-state index >= 15 is 0 Å². The van der Waals surface area contributed by atoms with E-state index in [0.717, 1.165) is 15.7 Å². The molecule has 0 unspecified atom stereocenters. The molecule has 0 bridgehead atoms. The van der Waals surface area contributed by atoms with Crippen LogP contribution in [0.25, 0.3) is 16.7 Å². The number of nitrogens with zero attached hydrogens (tertiary/aromatic N) is 2. The molecule has 0 atom stereocenters. The van der Waals surface area contributed by atoms with Crippen LogP contribution < -0.4 is 0 Å². The number of imidazole rings is 1. The van der Waals surface area contributed by atoms with Gasteiger partial charge in [-0.2, -0.15) is 0 Å². The molecule has 1 heterocycles. The van der Waals surface area contributed by atoms with Gasteiger partial charge < -0.3 is 0 Å². The summed E-state index contributed by atoms with van der Waals surface area (Å²) < 4.78 is 16.4. The highest BCUT2D eigenvalue weighted by Gasteiger charge is 2.16. The first-order chi connectivity index (χ1) is 10.0. The zero-order chi connectivity index (χ0) is 15.1. The van der Waals surface area contributed by atoms with E-state index in [2.05, 4.69) is 20.9 Å². The maximum atomic E-state index is 13.7. The number of halogens is 4. The van der Waals surface area contributed by atoms with E-state index in [1.807, 2.05) is 16.7 Å². The maximum Gasteiger partial charge on any atom is 0.129 e. The molecular weight excluding hydrogens is 378 g/mol. The van der Waals surface area contributed by atoms with Crippen LogP contribution >= 0.6 is 39.1 Å². The second-order valence-corrected chi connectivity index (χ2v) is 6.13. The quantitative estimate of drug-likeness (QED) is 0.521. The molecule has 0 aliphatic carbocycles. The van der Waals surface area contributed by atoms with Crippen LogP contribution in [-0.4, -0.2) is 9.55 Å². The molecule has 2 nitrogen and oxygen atoms in total. The van der Waals surface area contributed by atoms with Gasteiger partial charge in [0.05, 0.1) is 32.1 Å². The van der Waals surface area contributed by atoms with Crippen LogP contribution in [0, 0.1) is 12.7 Å². The zero-order valence-electron chi connectivity index (χ0n) is 11.0. The maximum absolute atomic E-state index is 13.7. The van der Waals surface area contributed by atoms with Gasteiger partial charge in [0.25, 0.3) is 0 Å². The van der Waals surface area contributed by atoms with Crippen molar-refractivity contribution in [1.82, 2.24) is 9.55 Å². The van der Waals surface area contributed by atoms with Crippen LogP contribution in [0.5, 0.6) is 0 Å². The van der Waals surface area contributed by atoms with E-state index in [0.29, 0.717) is 21.9 Å². The van der Waals surface area contributed by atoms with Crippen LogP contribution in [0.3, 0.4) is 0 Å². The number of benzene rings is 2. The van der Waals surface area contributed by atoms with Crippen molar-refractivity contribution in [2.45, 2.75) is 12.8 Å². The highest BCUT2D eigenvalue weighted by molar-refractivity contribution is 9.10. The van der Waals surface area contributed by atoms with E-state index in [-0.39, 0.29) is 11.7 Å². The normalized spacial score (nSPS) is 11.3. The summed E-state index contributed by atoms with van der Waals surface area (Å²) >= 11 is 15.6. The Morgan fingerprint density at radius 1 is 1.33 bits per heavy atom. The molecule has 0 saturated heterocycles. The summed E-state index contributed by atoms with van der Waals surface area (Å²) in [7, 11) is 0. The van der Waals surface area contributed by atoms with Gasteiger partial charge >= 0.3 is 0 Å². The Bertz CT molecular complexity index is 845. The molecule has 6 heteroatoms. The number of hydrogen-bond donors (Lipinski definition) is 0. The van der Waals surface area contributed by atoms with Gasteiger partial charge in [0.2, 0.25) is 0 Å². The number of aryl methyl sites for hydroxylation is 1. The van der Waals surface area contributed by atoms with Gasteiger partial charge in [-0.25, -0.2) is 9.37 Å². The molecule has 1 aromatic heterocycles. The molecule has 108 valence electrons. The standard InChI is InChI=1S/C15H10BrCl2FN2/c1-8-5-13-11(6-10(8)19)20-14(7-17)21(13)12-4-2-3-9(18)15(12)16/h2-6H,7H2,1H3. The van der Waals surface area contributed by atoms with Crippen molar-refractivity contribution in [2.75, 3.05) is 0 Å². The molecule has 0 aliphatic heterocycles. The van der Waals surface area contributed by atoms with Gasteiger partial charge in [-0.1, -0.05) is 17.7 Å². The molecule has 2 aromatic carbocycles. The first-order valence-corrected chi connectivity index (χ1v) is 7.91. The molecule has 0 fully saturated rings. The van der Waals surface area contributed by atoms with Gasteiger partial charge in [-0.05, 0) is 46.6 Å². The van der Waals surface area contributed by atoms with Crippen LogP contribution in [0.2, 0.25) is 5.02 Å². The SMILES string of the molecule is Cc1cc2c(cc1F)nc(CCl)n2-c1cccc(Cl)c1Br. The van der Waals surface area contributed by atoms with Crippen molar-refractivity contribution >= 4 is 50.2 Å². The smallest absolute Gasteiger partial charge is 0.129 e. The summed E-state index contributed by atoms with van der Waals surface area (Å²) in [6.45, 7) is 1.72. The third kappa shape index (κ3) is 2.45. The van der Waals surface area contributed by atoms with Gasteiger partial charge in [0.1, 0.15) is 11.6 Å². The third-order valence-corrected chi connectivity index (χ3v) is 4.91. The lowest BCUT2D eigenvalue weighted by Gasteiger charge is -2.11. The Labute approximate surface area is 139 Å². The van der Waals surface area contributed by atoms with Gasteiger partial charge in [-0.3, -0.25) is 4.57 Å². The fraction of sp³-hybridized carbons (Fsp3) is 0.133. The van der Waals surface area contributed by atoms with Crippen molar-refractivity contribution in [3.8, 4) is 5.69 Å². The Morgan fingerprint density at radius 3 is 2.81 bits per heavy atom. The summed E-state index contributed by atoms with van der Waals surface area (Å²) in [4.78, 5) is 4.41. The first-order valence-electron chi connectivity index (χ1n) is 6.20. The van der Waals surface area contributed by atoms with Gasteiger partial charge in [0, 0.05) is 6.07 Å². The van der Waals surface area contributed by atoms with Crippen LogP contribution in [0.15, 0.2) is 34.8 Å². The van der Waals surface area contributed by atoms with Crippen molar-refractivity contribution < 1.29 is 4.39 Å². The van der Waals surface area contributed by atoms with Crippen LogP contribution in [-0.2, 0) is 5.88 Å². The van der Waals surface area contributed by atoms with E-state index < -0.39 is 0 Å². The summed E-state index contributed by atoms with van der Waals surface area (Å²) in [5.74, 6) is 0.576. The molecule has 0 saturated carbocycles. The molecule has 3 rings (SSSR count). The van der Waals surface area contributed by atoms with E-state index in [9.17, 15) is 4.39 Å². The number of hydrogen-bond acceptors (Lipinski definition) is 1. The van der Waals surface area contributed by atoms with Crippen molar-refractivity contribution in [2.24, 2.45) is 0 Å². The predicted molar refractivity (Wildman–Crippen MR) is 88.0 cm³/mol. The molecule has 0 aliphatic rings. The van der Waals surface area contributed by atoms with E-state index in [1.54, 1.807) is 19.1 Å². The zero-order valence-corrected chi connectivity index (χ0v) is 14.1. The highest BCUT2D eigenvalue weighted by atomic mass is 79.9. The van der Waals surface area contributed by atoms with Crippen LogP contribution in [0.1, 0.15) is 11.4 Å². The predicted octanol–water partition coefficient (Wildman–Crippen LogP) is 5.63. The topological polar surface area (TPSA) is 17.8 Å². The fourth-order valence-electron chi connectivity index (χ4n) is 2.28. The van der Waals surface area contributed by atoms with Crippen molar-refractivity contribution in [3.63, 3.8) is 0 Å². The van der Waals surface area contributed by atoms with Crippen molar-refractivity contribution in [1.29, 1.82) is 0 Å². The third-order valence-electron chi connectivity index (χ3n) is 3.30. The lowest BCUT2D eigenvalue weighted by molar-refractivity contribution is 0.620. The fourth-order valence-corrected chi connectivity index (χ4v) is 3.07. The summed E-state index contributed by atoms with van der Waals surface area (Å²) in [6.07, 6.45) is 0. The molecule has 0 spiro atoms. The lowest BCUT2D eigenvalue weighted by Crippen LogP contribution is -2.00. The van der Waals surface area contributed by atoms with Gasteiger partial charge in [0.15, 0.2) is 0 Å². The average Bonchev–Trinajstić information content (AvgIpc) is 2.80. The first kappa shape index (κ1) is 14.8. The minimum atomic E-state index is -0.279. The minimum Gasteiger partial charge on any atom is -0.294 e.